The molecule has 0 amide bonds. The van der Waals surface area contributed by atoms with E-state index < -0.39 is 16.6 Å². The molecular weight excluding hydrogens is 274 g/mol. The number of nitro groups is 1. The van der Waals surface area contributed by atoms with Crippen LogP contribution >= 0.6 is 11.8 Å². The van der Waals surface area contributed by atoms with E-state index in [1.165, 1.54) is 0 Å². The zero-order valence-corrected chi connectivity index (χ0v) is 11.4. The van der Waals surface area contributed by atoms with Gasteiger partial charge in [-0.1, -0.05) is 13.8 Å². The van der Waals surface area contributed by atoms with Gasteiger partial charge in [-0.2, -0.15) is 11.8 Å². The van der Waals surface area contributed by atoms with Crippen LogP contribution < -0.4 is 4.90 Å². The molecule has 0 radical (unpaired) electrons. The van der Waals surface area contributed by atoms with E-state index in [1.54, 1.807) is 16.7 Å². The lowest BCUT2D eigenvalue weighted by molar-refractivity contribution is -0.384. The Morgan fingerprint density at radius 1 is 1.32 bits per heavy atom. The van der Waals surface area contributed by atoms with Crippen molar-refractivity contribution in [3.8, 4) is 0 Å². The zero-order valence-electron chi connectivity index (χ0n) is 10.6. The van der Waals surface area contributed by atoms with Crippen LogP contribution in [0.1, 0.15) is 13.8 Å². The summed E-state index contributed by atoms with van der Waals surface area (Å²) in [5, 5.41) is 11.4. The Hall–Kier alpha value is -1.37. The van der Waals surface area contributed by atoms with Gasteiger partial charge in [0.15, 0.2) is 17.3 Å². The third-order valence-corrected chi connectivity index (χ3v) is 4.21. The molecule has 1 saturated heterocycles. The molecule has 1 aromatic carbocycles. The van der Waals surface area contributed by atoms with Crippen LogP contribution in [0.4, 0.5) is 20.2 Å². The summed E-state index contributed by atoms with van der Waals surface area (Å²) in [6.07, 6.45) is 0. The third-order valence-electron chi connectivity index (χ3n) is 2.98. The van der Waals surface area contributed by atoms with Crippen molar-refractivity contribution >= 4 is 23.1 Å². The van der Waals surface area contributed by atoms with E-state index in [1.807, 2.05) is 13.8 Å². The average molecular weight is 288 g/mol. The highest BCUT2D eigenvalue weighted by Crippen LogP contribution is 2.36. The van der Waals surface area contributed by atoms with Crippen LogP contribution in [-0.2, 0) is 0 Å². The first kappa shape index (κ1) is 14.0. The van der Waals surface area contributed by atoms with Crippen molar-refractivity contribution in [3.05, 3.63) is 33.9 Å². The number of nitro benzene ring substituents is 1. The molecule has 1 aliphatic rings. The van der Waals surface area contributed by atoms with Crippen LogP contribution in [-0.4, -0.2) is 28.5 Å². The van der Waals surface area contributed by atoms with Crippen molar-refractivity contribution < 1.29 is 13.7 Å². The largest absolute Gasteiger partial charge is 0.361 e. The molecule has 104 valence electrons. The van der Waals surface area contributed by atoms with E-state index in [2.05, 4.69) is 0 Å². The Bertz CT molecular complexity index is 503. The van der Waals surface area contributed by atoms with Gasteiger partial charge in [-0.15, -0.1) is 0 Å². The molecule has 2 rings (SSSR count). The molecular formula is C12H14F2N2O2S. The number of anilines is 1. The molecule has 1 aromatic rings. The molecule has 0 aliphatic carbocycles. The zero-order chi connectivity index (χ0) is 14.2. The molecule has 4 nitrogen and oxygen atoms in total. The van der Waals surface area contributed by atoms with Crippen molar-refractivity contribution in [1.82, 2.24) is 0 Å². The highest BCUT2D eigenvalue weighted by Gasteiger charge is 2.31. The van der Waals surface area contributed by atoms with E-state index in [0.717, 1.165) is 12.1 Å². The molecule has 7 heteroatoms. The molecule has 2 unspecified atom stereocenters. The summed E-state index contributed by atoms with van der Waals surface area (Å²) >= 11 is 1.74. The summed E-state index contributed by atoms with van der Waals surface area (Å²) in [6, 6.07) is 1.81. The van der Waals surface area contributed by atoms with Crippen LogP contribution in [0, 0.1) is 21.7 Å². The van der Waals surface area contributed by atoms with Gasteiger partial charge in [-0.3, -0.25) is 10.1 Å². The number of hydrogen-bond donors (Lipinski definition) is 0. The smallest absolute Gasteiger partial charge is 0.295 e. The number of rotatable bonds is 2. The van der Waals surface area contributed by atoms with Gasteiger partial charge in [-0.25, -0.2) is 8.78 Å². The van der Waals surface area contributed by atoms with E-state index >= 15 is 0 Å². The van der Waals surface area contributed by atoms with E-state index in [-0.39, 0.29) is 21.9 Å². The maximum Gasteiger partial charge on any atom is 0.295 e. The van der Waals surface area contributed by atoms with Crippen molar-refractivity contribution in [2.24, 2.45) is 0 Å². The minimum atomic E-state index is -1.14. The van der Waals surface area contributed by atoms with Crippen LogP contribution in [0.25, 0.3) is 0 Å². The van der Waals surface area contributed by atoms with E-state index in [0.29, 0.717) is 13.1 Å². The molecule has 0 saturated carbocycles. The van der Waals surface area contributed by atoms with E-state index in [9.17, 15) is 18.9 Å². The van der Waals surface area contributed by atoms with Crippen LogP contribution in [0.5, 0.6) is 0 Å². The van der Waals surface area contributed by atoms with Crippen LogP contribution in [0.2, 0.25) is 0 Å². The summed E-state index contributed by atoms with van der Waals surface area (Å²) in [5.74, 6) is -2.19. The fourth-order valence-electron chi connectivity index (χ4n) is 2.34. The van der Waals surface area contributed by atoms with Gasteiger partial charge in [0.1, 0.15) is 0 Å². The minimum Gasteiger partial charge on any atom is -0.361 e. The molecule has 2 atom stereocenters. The second-order valence-electron chi connectivity index (χ2n) is 4.65. The molecule has 19 heavy (non-hydrogen) atoms. The molecule has 0 aromatic heterocycles. The number of thioether (sulfide) groups is 1. The fraction of sp³-hybridized carbons (Fsp3) is 0.500. The first-order valence-corrected chi connectivity index (χ1v) is 6.87. The number of nitrogens with zero attached hydrogens (tertiary/aromatic N) is 2. The lowest BCUT2D eigenvalue weighted by atomic mass is 10.2. The fourth-order valence-corrected chi connectivity index (χ4v) is 3.66. The highest BCUT2D eigenvalue weighted by atomic mass is 32.2. The minimum absolute atomic E-state index is 0.214. The second-order valence-corrected chi connectivity index (χ2v) is 6.53. The predicted molar refractivity (Wildman–Crippen MR) is 71.7 cm³/mol. The van der Waals surface area contributed by atoms with Crippen molar-refractivity contribution in [1.29, 1.82) is 0 Å². The van der Waals surface area contributed by atoms with Crippen LogP contribution in [0.15, 0.2) is 12.1 Å². The van der Waals surface area contributed by atoms with Crippen molar-refractivity contribution in [3.63, 3.8) is 0 Å². The topological polar surface area (TPSA) is 46.4 Å². The Balaban J connectivity index is 2.47. The lowest BCUT2D eigenvalue weighted by Gasteiger charge is -2.35. The maximum absolute atomic E-state index is 13.9. The standard InChI is InChI=1S/C12H14F2N2O2S/c1-7-5-15(6-8(2)19-7)12-10(16(17)18)4-3-9(13)11(12)14/h3-4,7-8H,5-6H2,1-2H3. The third kappa shape index (κ3) is 2.80. The first-order valence-electron chi connectivity index (χ1n) is 5.93. The molecule has 0 bridgehead atoms. The summed E-state index contributed by atoms with van der Waals surface area (Å²) in [6.45, 7) is 4.87. The monoisotopic (exact) mass is 288 g/mol. The summed E-state index contributed by atoms with van der Waals surface area (Å²) < 4.78 is 27.3. The van der Waals surface area contributed by atoms with Crippen LogP contribution in [0.3, 0.4) is 0 Å². The van der Waals surface area contributed by atoms with Crippen molar-refractivity contribution in [2.75, 3.05) is 18.0 Å². The number of benzene rings is 1. The molecule has 1 heterocycles. The van der Waals surface area contributed by atoms with Gasteiger partial charge >= 0.3 is 0 Å². The van der Waals surface area contributed by atoms with Gasteiger partial charge in [0.2, 0.25) is 0 Å². The summed E-state index contributed by atoms with van der Waals surface area (Å²) in [7, 11) is 0. The Kier molecular flexibility index (Phi) is 3.93. The number of hydrogen-bond acceptors (Lipinski definition) is 4. The van der Waals surface area contributed by atoms with Gasteiger partial charge in [0, 0.05) is 29.7 Å². The maximum atomic E-state index is 13.9. The van der Waals surface area contributed by atoms with Crippen molar-refractivity contribution in [2.45, 2.75) is 24.3 Å². The highest BCUT2D eigenvalue weighted by molar-refractivity contribution is 8.00. The normalized spacial score (nSPS) is 23.5. The number of halogens is 2. The lowest BCUT2D eigenvalue weighted by Crippen LogP contribution is -2.41. The van der Waals surface area contributed by atoms with Gasteiger partial charge < -0.3 is 4.90 Å². The predicted octanol–water partition coefficient (Wildman–Crippen LogP) is 3.20. The molecule has 0 spiro atoms. The quantitative estimate of drug-likeness (QED) is 0.619. The molecule has 1 fully saturated rings. The van der Waals surface area contributed by atoms with E-state index in [4.69, 9.17) is 0 Å². The van der Waals surface area contributed by atoms with Gasteiger partial charge in [0.25, 0.3) is 5.69 Å². The molecule has 0 N–H and O–H groups in total. The Labute approximate surface area is 113 Å². The Morgan fingerprint density at radius 3 is 2.42 bits per heavy atom. The SMILES string of the molecule is CC1CN(c2c([N+](=O)[O-])ccc(F)c2F)CC(C)S1. The first-order chi connectivity index (χ1) is 8.90. The average Bonchev–Trinajstić information content (AvgIpc) is 2.30. The summed E-state index contributed by atoms with van der Waals surface area (Å²) in [5.41, 5.74) is -0.616. The summed E-state index contributed by atoms with van der Waals surface area (Å²) in [4.78, 5) is 11.9. The molecule has 1 aliphatic heterocycles. The van der Waals surface area contributed by atoms with Gasteiger partial charge in [0.05, 0.1) is 4.92 Å². The second kappa shape index (κ2) is 5.32. The Morgan fingerprint density at radius 2 is 1.89 bits per heavy atom. The van der Waals surface area contributed by atoms with Gasteiger partial charge in [-0.05, 0) is 6.07 Å².